The van der Waals surface area contributed by atoms with Gasteiger partial charge in [-0.05, 0) is 0 Å². The van der Waals surface area contributed by atoms with Crippen LogP contribution in [0.5, 0.6) is 0 Å². The summed E-state index contributed by atoms with van der Waals surface area (Å²) < 4.78 is 0. The van der Waals surface area contributed by atoms with Gasteiger partial charge in [-0.2, -0.15) is 4.89 Å². The molecule has 5 N–H and O–H groups in total. The number of hydrogen-bond donors (Lipinski definition) is 3. The van der Waals surface area contributed by atoms with Crippen LogP contribution in [-0.4, -0.2) is 11.6 Å². The molecule has 0 saturated carbocycles. The van der Waals surface area contributed by atoms with Crippen LogP contribution in [0.2, 0.25) is 0 Å². The Kier molecular flexibility index (Phi) is 2.91. The Bertz CT molecular complexity index is 30.0. The molecule has 6 heavy (non-hydrogen) atoms. The Morgan fingerprint density at radius 1 is 1.50 bits per heavy atom. The van der Waals surface area contributed by atoms with Gasteiger partial charge in [0.2, 0.25) is 0 Å². The van der Waals surface area contributed by atoms with Gasteiger partial charge in [0.05, 0.1) is 0 Å². The number of nitrogens with two attached hydrogens (primary N) is 2. The van der Waals surface area contributed by atoms with Crippen molar-refractivity contribution in [2.45, 2.75) is 6.35 Å². The maximum Gasteiger partial charge on any atom is 0.195 e. The maximum atomic E-state index is 7.35. The van der Waals surface area contributed by atoms with Gasteiger partial charge in [-0.1, -0.05) is 5.04 Å². The largest absolute Gasteiger partial charge is 0.291 e. The van der Waals surface area contributed by atoms with Crippen LogP contribution in [-0.2, 0) is 9.93 Å². The molecule has 0 spiro atoms. The van der Waals surface area contributed by atoms with Crippen molar-refractivity contribution >= 4 is 0 Å². The first kappa shape index (κ1) is 5.80. The summed E-state index contributed by atoms with van der Waals surface area (Å²) in [5.41, 5.74) is 9.35. The van der Waals surface area contributed by atoms with Crippen LogP contribution in [0.25, 0.3) is 0 Å². The predicted octanol–water partition coefficient (Wildman–Crippen LogP) is -1.39. The van der Waals surface area contributed by atoms with Crippen LogP contribution in [0.3, 0.4) is 0 Å². The van der Waals surface area contributed by atoms with Crippen molar-refractivity contribution in [3.63, 3.8) is 0 Å². The van der Waals surface area contributed by atoms with Crippen molar-refractivity contribution in [1.82, 2.24) is 0 Å². The van der Waals surface area contributed by atoms with E-state index in [0.29, 0.717) is 0 Å². The molecule has 0 radical (unpaired) electrons. The molecule has 0 aromatic carbocycles. The van der Waals surface area contributed by atoms with E-state index in [1.165, 1.54) is 0 Å². The first-order chi connectivity index (χ1) is 2.77. The highest BCUT2D eigenvalue weighted by molar-refractivity contribution is 4.16. The molecule has 5 nitrogen and oxygen atoms in total. The third-order valence-corrected chi connectivity index (χ3v) is 0.154. The van der Waals surface area contributed by atoms with E-state index in [1.807, 2.05) is 0 Å². The zero-order chi connectivity index (χ0) is 4.99. The molecule has 0 unspecified atom stereocenters. The van der Waals surface area contributed by atoms with E-state index in [4.69, 9.17) is 5.26 Å². The second-order valence-corrected chi connectivity index (χ2v) is 0.635. The van der Waals surface area contributed by atoms with E-state index in [0.717, 1.165) is 0 Å². The number of hydrogen-bond acceptors (Lipinski definition) is 5. The quantitative estimate of drug-likeness (QED) is 0.222. The van der Waals surface area contributed by atoms with Crippen LogP contribution in [0.1, 0.15) is 0 Å². The standard InChI is InChI=1S/CH6N2O3/c2-1(3)5-6-4/h1,4H,2-3H2. The van der Waals surface area contributed by atoms with Crippen molar-refractivity contribution in [3.8, 4) is 0 Å². The van der Waals surface area contributed by atoms with Gasteiger partial charge in [0, 0.05) is 0 Å². The highest BCUT2D eigenvalue weighted by Gasteiger charge is 1.87. The van der Waals surface area contributed by atoms with E-state index >= 15 is 0 Å². The van der Waals surface area contributed by atoms with Crippen molar-refractivity contribution in [2.75, 3.05) is 0 Å². The summed E-state index contributed by atoms with van der Waals surface area (Å²) >= 11 is 0. The third kappa shape index (κ3) is 3.80. The molecule has 0 saturated heterocycles. The topological polar surface area (TPSA) is 90.7 Å². The van der Waals surface area contributed by atoms with E-state index in [1.54, 1.807) is 0 Å². The molecule has 0 heterocycles. The van der Waals surface area contributed by atoms with Crippen LogP contribution >= 0.6 is 0 Å². The highest BCUT2D eigenvalue weighted by Crippen LogP contribution is 1.66. The average Bonchev–Trinajstić information content (AvgIpc) is 1.35. The Morgan fingerprint density at radius 2 is 2.00 bits per heavy atom. The molecule has 0 aromatic heterocycles. The van der Waals surface area contributed by atoms with Crippen LogP contribution in [0.15, 0.2) is 0 Å². The summed E-state index contributed by atoms with van der Waals surface area (Å²) in [6.45, 7) is 0. The van der Waals surface area contributed by atoms with Gasteiger partial charge in [-0.25, -0.2) is 5.26 Å². The SMILES string of the molecule is NC(N)OOO. The van der Waals surface area contributed by atoms with Gasteiger partial charge >= 0.3 is 0 Å². The van der Waals surface area contributed by atoms with Crippen molar-refractivity contribution in [1.29, 1.82) is 0 Å². The summed E-state index contributed by atoms with van der Waals surface area (Å²) in [5.74, 6) is 0. The lowest BCUT2D eigenvalue weighted by atomic mass is 11.1. The summed E-state index contributed by atoms with van der Waals surface area (Å²) in [6, 6.07) is 0. The lowest BCUT2D eigenvalue weighted by molar-refractivity contribution is -0.505. The molecule has 5 heteroatoms. The summed E-state index contributed by atoms with van der Waals surface area (Å²) in [7, 11) is 0. The zero-order valence-electron chi connectivity index (χ0n) is 3.00. The van der Waals surface area contributed by atoms with Crippen molar-refractivity contribution in [3.05, 3.63) is 0 Å². The first-order valence-electron chi connectivity index (χ1n) is 1.25. The minimum atomic E-state index is -1.07. The molecule has 0 atom stereocenters. The molecular formula is CH6N2O3. The molecule has 0 fully saturated rings. The molecular weight excluding hydrogens is 88.0 g/mol. The first-order valence-corrected chi connectivity index (χ1v) is 1.25. The van der Waals surface area contributed by atoms with Gasteiger partial charge in [0.1, 0.15) is 0 Å². The monoisotopic (exact) mass is 94.0 g/mol. The molecule has 0 aliphatic heterocycles. The van der Waals surface area contributed by atoms with E-state index in [9.17, 15) is 0 Å². The van der Waals surface area contributed by atoms with Crippen molar-refractivity contribution < 1.29 is 15.2 Å². The summed E-state index contributed by atoms with van der Waals surface area (Å²) in [5, 5.41) is 10.4. The second kappa shape index (κ2) is 3.01. The minimum absolute atomic E-state index is 1.07. The second-order valence-electron chi connectivity index (χ2n) is 0.635. The highest BCUT2D eigenvalue weighted by atomic mass is 17.5. The molecule has 38 valence electrons. The molecule has 0 aromatic rings. The van der Waals surface area contributed by atoms with Gasteiger partial charge in [-0.15, -0.1) is 0 Å². The van der Waals surface area contributed by atoms with Crippen LogP contribution in [0.4, 0.5) is 0 Å². The Morgan fingerprint density at radius 3 is 2.00 bits per heavy atom. The van der Waals surface area contributed by atoms with E-state index < -0.39 is 6.35 Å². The van der Waals surface area contributed by atoms with Gasteiger partial charge < -0.3 is 0 Å². The van der Waals surface area contributed by atoms with Gasteiger partial charge in [0.25, 0.3) is 0 Å². The normalized spacial score (nSPS) is 10.0. The molecule has 0 aliphatic carbocycles. The molecule has 0 aliphatic rings. The summed E-state index contributed by atoms with van der Waals surface area (Å²) in [6.07, 6.45) is -1.07. The fraction of sp³-hybridized carbons (Fsp3) is 1.00. The van der Waals surface area contributed by atoms with E-state index in [-0.39, 0.29) is 0 Å². The van der Waals surface area contributed by atoms with Crippen LogP contribution < -0.4 is 11.5 Å². The molecule has 0 rings (SSSR count). The Hall–Kier alpha value is -0.200. The smallest absolute Gasteiger partial charge is 0.195 e. The Balaban J connectivity index is 2.63. The van der Waals surface area contributed by atoms with Crippen molar-refractivity contribution in [2.24, 2.45) is 11.5 Å². The minimum Gasteiger partial charge on any atom is -0.291 e. The average molecular weight is 94.1 g/mol. The molecule has 0 amide bonds. The van der Waals surface area contributed by atoms with E-state index in [2.05, 4.69) is 21.4 Å². The fourth-order valence-corrected chi connectivity index (χ4v) is 0.0497. The fourth-order valence-electron chi connectivity index (χ4n) is 0.0497. The van der Waals surface area contributed by atoms with Crippen LogP contribution in [0, 0.1) is 0 Å². The number of rotatable bonds is 2. The lowest BCUT2D eigenvalue weighted by Crippen LogP contribution is -2.33. The Labute approximate surface area is 34.3 Å². The van der Waals surface area contributed by atoms with Gasteiger partial charge in [-0.3, -0.25) is 11.5 Å². The lowest BCUT2D eigenvalue weighted by Gasteiger charge is -1.96. The zero-order valence-corrected chi connectivity index (χ0v) is 3.00. The third-order valence-electron chi connectivity index (χ3n) is 0.154. The molecule has 0 bridgehead atoms. The van der Waals surface area contributed by atoms with Gasteiger partial charge in [0.15, 0.2) is 6.35 Å². The summed E-state index contributed by atoms with van der Waals surface area (Å²) in [4.78, 5) is 3.65. The maximum absolute atomic E-state index is 7.35. The predicted molar refractivity (Wildman–Crippen MR) is 17.0 cm³/mol.